The van der Waals surface area contributed by atoms with Gasteiger partial charge in [-0.05, 0) is 31.5 Å². The van der Waals surface area contributed by atoms with Gasteiger partial charge in [0.15, 0.2) is 0 Å². The number of nitrogens with one attached hydrogen (secondary N) is 1. The van der Waals surface area contributed by atoms with Crippen molar-refractivity contribution >= 4 is 23.2 Å². The van der Waals surface area contributed by atoms with E-state index in [1.807, 2.05) is 6.92 Å². The van der Waals surface area contributed by atoms with Gasteiger partial charge in [-0.15, -0.1) is 0 Å². The normalized spacial score (nSPS) is 13.1. The highest BCUT2D eigenvalue weighted by Gasteiger charge is 2.31. The average Bonchev–Trinajstić information content (AvgIpc) is 2.47. The number of rotatable bonds is 4. The predicted molar refractivity (Wildman–Crippen MR) is 81.7 cm³/mol. The first-order valence-corrected chi connectivity index (χ1v) is 6.69. The number of hydrogen-bond acceptors (Lipinski definition) is 3. The van der Waals surface area contributed by atoms with E-state index < -0.39 is 5.60 Å². The van der Waals surface area contributed by atoms with Gasteiger partial charge in [0.25, 0.3) is 5.91 Å². The Morgan fingerprint density at radius 3 is 2.80 bits per heavy atom. The van der Waals surface area contributed by atoms with E-state index >= 15 is 0 Å². The van der Waals surface area contributed by atoms with E-state index in [0.29, 0.717) is 17.1 Å². The molecule has 3 N–H and O–H groups in total. The van der Waals surface area contributed by atoms with Crippen molar-refractivity contribution in [1.29, 1.82) is 0 Å². The summed E-state index contributed by atoms with van der Waals surface area (Å²) >= 11 is 6.08. The number of amides is 1. The molecule has 1 aromatic carbocycles. The van der Waals surface area contributed by atoms with Gasteiger partial charge in [-0.3, -0.25) is 4.79 Å². The average molecular weight is 295 g/mol. The van der Waals surface area contributed by atoms with Gasteiger partial charge in [0.2, 0.25) is 0 Å². The topological polar surface area (TPSA) is 64.3 Å². The summed E-state index contributed by atoms with van der Waals surface area (Å²) in [5, 5.41) is 3.22. The Kier molecular flexibility index (Phi) is 6.03. The number of carbonyl (C=O) groups is 1. The summed E-state index contributed by atoms with van der Waals surface area (Å²) in [7, 11) is 1.51. The molecule has 0 aliphatic heterocycles. The van der Waals surface area contributed by atoms with E-state index in [-0.39, 0.29) is 12.5 Å². The maximum atomic E-state index is 12.2. The third-order valence-electron chi connectivity index (χ3n) is 3.15. The number of ether oxygens (including phenoxy) is 1. The molecule has 0 aliphatic carbocycles. The summed E-state index contributed by atoms with van der Waals surface area (Å²) in [6.45, 7) is 3.89. The number of anilines is 1. The van der Waals surface area contributed by atoms with Crippen molar-refractivity contribution in [3.8, 4) is 11.8 Å². The first-order valence-electron chi connectivity index (χ1n) is 6.32. The summed E-state index contributed by atoms with van der Waals surface area (Å²) < 4.78 is 5.26. The number of methoxy groups -OCH3 is 1. The molecule has 108 valence electrons. The van der Waals surface area contributed by atoms with Gasteiger partial charge in [0, 0.05) is 12.7 Å². The third kappa shape index (κ3) is 3.97. The highest BCUT2D eigenvalue weighted by molar-refractivity contribution is 6.33. The molecule has 1 unspecified atom stereocenters. The third-order valence-corrected chi connectivity index (χ3v) is 3.48. The van der Waals surface area contributed by atoms with E-state index in [0.717, 1.165) is 5.56 Å². The Bertz CT molecular complexity index is 543. The summed E-state index contributed by atoms with van der Waals surface area (Å²) in [5.74, 6) is 5.41. The molecular weight excluding hydrogens is 276 g/mol. The van der Waals surface area contributed by atoms with Crippen LogP contribution in [0, 0.1) is 11.8 Å². The van der Waals surface area contributed by atoms with E-state index in [4.69, 9.17) is 22.1 Å². The minimum Gasteiger partial charge on any atom is -0.369 e. The zero-order valence-electron chi connectivity index (χ0n) is 11.9. The molecule has 0 saturated carbocycles. The minimum absolute atomic E-state index is 0.242. The van der Waals surface area contributed by atoms with Crippen molar-refractivity contribution < 1.29 is 9.53 Å². The van der Waals surface area contributed by atoms with Crippen LogP contribution in [0.4, 0.5) is 5.69 Å². The fourth-order valence-electron chi connectivity index (χ4n) is 1.50. The minimum atomic E-state index is -0.887. The molecule has 0 saturated heterocycles. The zero-order valence-corrected chi connectivity index (χ0v) is 12.7. The van der Waals surface area contributed by atoms with Crippen molar-refractivity contribution in [3.63, 3.8) is 0 Å². The lowest BCUT2D eigenvalue weighted by molar-refractivity contribution is -0.136. The Morgan fingerprint density at radius 2 is 2.25 bits per heavy atom. The van der Waals surface area contributed by atoms with Gasteiger partial charge in [-0.1, -0.05) is 30.4 Å². The van der Waals surface area contributed by atoms with Crippen molar-refractivity contribution in [1.82, 2.24) is 0 Å². The summed E-state index contributed by atoms with van der Waals surface area (Å²) in [6.07, 6.45) is 0.555. The van der Waals surface area contributed by atoms with Gasteiger partial charge >= 0.3 is 0 Å². The molecule has 20 heavy (non-hydrogen) atoms. The number of nitrogens with two attached hydrogens (primary N) is 1. The second-order valence-corrected chi connectivity index (χ2v) is 4.85. The first kappa shape index (κ1) is 16.5. The predicted octanol–water partition coefficient (Wildman–Crippen LogP) is 2.40. The number of hydrogen-bond donors (Lipinski definition) is 2. The smallest absolute Gasteiger partial charge is 0.256 e. The summed E-state index contributed by atoms with van der Waals surface area (Å²) in [6, 6.07) is 5.18. The molecule has 0 aliphatic rings. The van der Waals surface area contributed by atoms with Gasteiger partial charge in [0.1, 0.15) is 5.60 Å². The molecule has 1 atom stereocenters. The SMILES string of the molecule is CCC(C)(OC)C(=O)Nc1cc(C#CCN)ccc1Cl. The fourth-order valence-corrected chi connectivity index (χ4v) is 1.67. The molecule has 0 heterocycles. The Balaban J connectivity index is 3.00. The second kappa shape index (κ2) is 7.30. The van der Waals surface area contributed by atoms with Crippen molar-refractivity contribution in [2.45, 2.75) is 25.9 Å². The van der Waals surface area contributed by atoms with Crippen LogP contribution in [0.1, 0.15) is 25.8 Å². The lowest BCUT2D eigenvalue weighted by Crippen LogP contribution is -2.41. The number of halogens is 1. The quantitative estimate of drug-likeness (QED) is 0.838. The molecule has 0 radical (unpaired) electrons. The standard InChI is InChI=1S/C15H19ClN2O2/c1-4-15(2,20-3)14(19)18-13-10-11(6-5-9-17)7-8-12(13)16/h7-8,10H,4,9,17H2,1-3H3,(H,18,19). The number of carbonyl (C=O) groups excluding carboxylic acids is 1. The van der Waals surface area contributed by atoms with Crippen molar-refractivity contribution in [2.24, 2.45) is 5.73 Å². The summed E-state index contributed by atoms with van der Waals surface area (Å²) in [4.78, 5) is 12.2. The lowest BCUT2D eigenvalue weighted by atomic mass is 10.0. The number of benzene rings is 1. The molecule has 5 heteroatoms. The largest absolute Gasteiger partial charge is 0.369 e. The lowest BCUT2D eigenvalue weighted by Gasteiger charge is -2.25. The van der Waals surface area contributed by atoms with Crippen LogP contribution >= 0.6 is 11.6 Å². The van der Waals surface area contributed by atoms with Crippen molar-refractivity contribution in [2.75, 3.05) is 19.0 Å². The van der Waals surface area contributed by atoms with Crippen LogP contribution < -0.4 is 11.1 Å². The van der Waals surface area contributed by atoms with Crippen LogP contribution in [0.3, 0.4) is 0 Å². The van der Waals surface area contributed by atoms with Crippen LogP contribution in [-0.2, 0) is 9.53 Å². The molecule has 4 nitrogen and oxygen atoms in total. The molecule has 1 amide bonds. The maximum absolute atomic E-state index is 12.2. The Morgan fingerprint density at radius 1 is 1.55 bits per heavy atom. The second-order valence-electron chi connectivity index (χ2n) is 4.44. The Labute approximate surface area is 124 Å². The molecule has 0 fully saturated rings. The Hall–Kier alpha value is -1.54. The van der Waals surface area contributed by atoms with E-state index in [9.17, 15) is 4.79 Å². The molecule has 0 bridgehead atoms. The zero-order chi connectivity index (χ0) is 15.2. The van der Waals surface area contributed by atoms with Crippen molar-refractivity contribution in [3.05, 3.63) is 28.8 Å². The van der Waals surface area contributed by atoms with Gasteiger partial charge in [-0.2, -0.15) is 0 Å². The van der Waals surface area contributed by atoms with Crippen LogP contribution in [0.2, 0.25) is 5.02 Å². The molecular formula is C15H19ClN2O2. The van der Waals surface area contributed by atoms with Gasteiger partial charge in [0.05, 0.1) is 17.3 Å². The molecule has 0 spiro atoms. The molecule has 0 aromatic heterocycles. The van der Waals surface area contributed by atoms with E-state index in [1.165, 1.54) is 7.11 Å². The van der Waals surface area contributed by atoms with Crippen LogP contribution in [0.5, 0.6) is 0 Å². The highest BCUT2D eigenvalue weighted by atomic mass is 35.5. The summed E-state index contributed by atoms with van der Waals surface area (Å²) in [5.41, 5.74) is 5.70. The van der Waals surface area contributed by atoms with E-state index in [2.05, 4.69) is 17.2 Å². The van der Waals surface area contributed by atoms with Gasteiger partial charge < -0.3 is 15.8 Å². The monoisotopic (exact) mass is 294 g/mol. The maximum Gasteiger partial charge on any atom is 0.256 e. The van der Waals surface area contributed by atoms with Crippen LogP contribution in [0.15, 0.2) is 18.2 Å². The van der Waals surface area contributed by atoms with Crippen LogP contribution in [0.25, 0.3) is 0 Å². The molecule has 1 aromatic rings. The van der Waals surface area contributed by atoms with E-state index in [1.54, 1.807) is 25.1 Å². The van der Waals surface area contributed by atoms with Crippen LogP contribution in [-0.4, -0.2) is 25.2 Å². The highest BCUT2D eigenvalue weighted by Crippen LogP contribution is 2.25. The first-order chi connectivity index (χ1) is 9.46. The fraction of sp³-hybridized carbons (Fsp3) is 0.400. The molecule has 1 rings (SSSR count). The van der Waals surface area contributed by atoms with Gasteiger partial charge in [-0.25, -0.2) is 0 Å².